The second-order valence-electron chi connectivity index (χ2n) is 5.87. The van der Waals surface area contributed by atoms with Crippen LogP contribution in [-0.2, 0) is 4.74 Å². The average Bonchev–Trinajstić information content (AvgIpc) is 2.46. The summed E-state index contributed by atoms with van der Waals surface area (Å²) in [6.07, 6.45) is 9.65. The molecule has 2 N–H and O–H groups in total. The standard InChI is InChI=1S/C17H37NO2/c1-4-7-9-10-12-18-13-17(19)15-20-14-16(6-3)11-8-5-2/h16-19H,4-15H2,1-3H3. The lowest BCUT2D eigenvalue weighted by atomic mass is 10.0. The van der Waals surface area contributed by atoms with Crippen LogP contribution in [0.4, 0.5) is 0 Å². The van der Waals surface area contributed by atoms with Gasteiger partial charge in [-0.05, 0) is 25.3 Å². The molecule has 2 unspecified atom stereocenters. The number of aliphatic hydroxyl groups excluding tert-OH is 1. The first-order chi connectivity index (χ1) is 9.74. The molecule has 0 aliphatic heterocycles. The highest BCUT2D eigenvalue weighted by Crippen LogP contribution is 2.12. The van der Waals surface area contributed by atoms with Gasteiger partial charge in [0.1, 0.15) is 0 Å². The summed E-state index contributed by atoms with van der Waals surface area (Å²) in [7, 11) is 0. The second kappa shape index (κ2) is 15.3. The Balaban J connectivity index is 3.40. The van der Waals surface area contributed by atoms with Crippen molar-refractivity contribution in [1.82, 2.24) is 5.32 Å². The molecule has 0 aliphatic carbocycles. The maximum absolute atomic E-state index is 9.83. The first kappa shape index (κ1) is 19.9. The number of rotatable bonds is 15. The fourth-order valence-corrected chi connectivity index (χ4v) is 2.27. The molecule has 0 rings (SSSR count). The van der Waals surface area contributed by atoms with Crippen molar-refractivity contribution in [2.24, 2.45) is 5.92 Å². The third kappa shape index (κ3) is 12.9. The van der Waals surface area contributed by atoms with E-state index in [1.54, 1.807) is 0 Å². The predicted molar refractivity (Wildman–Crippen MR) is 87.1 cm³/mol. The number of ether oxygens (including phenoxy) is 1. The lowest BCUT2D eigenvalue weighted by molar-refractivity contribution is 0.0194. The van der Waals surface area contributed by atoms with Crippen LogP contribution in [0.15, 0.2) is 0 Å². The van der Waals surface area contributed by atoms with Crippen molar-refractivity contribution in [3.63, 3.8) is 0 Å². The highest BCUT2D eigenvalue weighted by atomic mass is 16.5. The Labute approximate surface area is 126 Å². The lowest BCUT2D eigenvalue weighted by Gasteiger charge is -2.17. The molecular weight excluding hydrogens is 250 g/mol. The maximum atomic E-state index is 9.83. The van der Waals surface area contributed by atoms with E-state index in [9.17, 15) is 5.11 Å². The smallest absolute Gasteiger partial charge is 0.0897 e. The zero-order chi connectivity index (χ0) is 15.1. The maximum Gasteiger partial charge on any atom is 0.0897 e. The normalized spacial score (nSPS) is 14.4. The van der Waals surface area contributed by atoms with Crippen molar-refractivity contribution in [3.05, 3.63) is 0 Å². The van der Waals surface area contributed by atoms with Crippen LogP contribution in [0.3, 0.4) is 0 Å². The minimum atomic E-state index is -0.371. The van der Waals surface area contributed by atoms with Gasteiger partial charge in [-0.1, -0.05) is 59.3 Å². The third-order valence-corrected chi connectivity index (χ3v) is 3.79. The van der Waals surface area contributed by atoms with E-state index < -0.39 is 0 Å². The summed E-state index contributed by atoms with van der Waals surface area (Å²) >= 11 is 0. The highest BCUT2D eigenvalue weighted by Gasteiger charge is 2.08. The van der Waals surface area contributed by atoms with Crippen LogP contribution in [0, 0.1) is 5.92 Å². The Bertz CT molecular complexity index is 188. The minimum absolute atomic E-state index is 0.371. The van der Waals surface area contributed by atoms with E-state index in [1.165, 1.54) is 51.4 Å². The van der Waals surface area contributed by atoms with Gasteiger partial charge in [0.2, 0.25) is 0 Å². The summed E-state index contributed by atoms with van der Waals surface area (Å²) in [5, 5.41) is 13.1. The van der Waals surface area contributed by atoms with E-state index in [0.29, 0.717) is 19.1 Å². The molecule has 122 valence electrons. The summed E-state index contributed by atoms with van der Waals surface area (Å²) in [5.74, 6) is 0.657. The first-order valence-electron chi connectivity index (χ1n) is 8.71. The van der Waals surface area contributed by atoms with Crippen LogP contribution in [0.5, 0.6) is 0 Å². The summed E-state index contributed by atoms with van der Waals surface area (Å²) in [4.78, 5) is 0. The van der Waals surface area contributed by atoms with Crippen LogP contribution in [0.2, 0.25) is 0 Å². The van der Waals surface area contributed by atoms with Crippen molar-refractivity contribution in [2.75, 3.05) is 26.3 Å². The highest BCUT2D eigenvalue weighted by molar-refractivity contribution is 4.61. The predicted octanol–water partition coefficient (Wildman–Crippen LogP) is 3.75. The van der Waals surface area contributed by atoms with Gasteiger partial charge in [-0.15, -0.1) is 0 Å². The van der Waals surface area contributed by atoms with E-state index in [1.807, 2.05) is 0 Å². The van der Waals surface area contributed by atoms with Gasteiger partial charge >= 0.3 is 0 Å². The van der Waals surface area contributed by atoms with Gasteiger partial charge in [0.15, 0.2) is 0 Å². The Morgan fingerprint density at radius 2 is 1.70 bits per heavy atom. The number of aliphatic hydroxyl groups is 1. The molecule has 3 nitrogen and oxygen atoms in total. The molecule has 3 heteroatoms. The molecule has 0 heterocycles. The summed E-state index contributed by atoms with van der Waals surface area (Å²) in [5.41, 5.74) is 0. The fourth-order valence-electron chi connectivity index (χ4n) is 2.27. The van der Waals surface area contributed by atoms with Gasteiger partial charge in [0.05, 0.1) is 12.7 Å². The summed E-state index contributed by atoms with van der Waals surface area (Å²) < 4.78 is 5.65. The topological polar surface area (TPSA) is 41.5 Å². The number of unbranched alkanes of at least 4 members (excludes halogenated alkanes) is 4. The molecule has 0 spiro atoms. The molecule has 2 atom stereocenters. The summed E-state index contributed by atoms with van der Waals surface area (Å²) in [6.45, 7) is 9.58. The molecule has 0 bridgehead atoms. The fraction of sp³-hybridized carbons (Fsp3) is 1.00. The lowest BCUT2D eigenvalue weighted by Crippen LogP contribution is -2.31. The van der Waals surface area contributed by atoms with Crippen LogP contribution < -0.4 is 5.32 Å². The van der Waals surface area contributed by atoms with Gasteiger partial charge in [-0.3, -0.25) is 0 Å². The summed E-state index contributed by atoms with van der Waals surface area (Å²) in [6, 6.07) is 0. The second-order valence-corrected chi connectivity index (χ2v) is 5.87. The van der Waals surface area contributed by atoms with Gasteiger partial charge in [-0.25, -0.2) is 0 Å². The third-order valence-electron chi connectivity index (χ3n) is 3.79. The van der Waals surface area contributed by atoms with Crippen molar-refractivity contribution < 1.29 is 9.84 Å². The van der Waals surface area contributed by atoms with Crippen molar-refractivity contribution in [3.8, 4) is 0 Å². The molecular formula is C17H37NO2. The van der Waals surface area contributed by atoms with E-state index in [4.69, 9.17) is 4.74 Å². The van der Waals surface area contributed by atoms with E-state index >= 15 is 0 Å². The van der Waals surface area contributed by atoms with Crippen molar-refractivity contribution >= 4 is 0 Å². The SMILES string of the molecule is CCCCCCNCC(O)COCC(CC)CCCC. The van der Waals surface area contributed by atoms with Gasteiger partial charge < -0.3 is 15.2 Å². The molecule has 0 saturated heterocycles. The molecule has 0 aromatic carbocycles. The van der Waals surface area contributed by atoms with Crippen molar-refractivity contribution in [1.29, 1.82) is 0 Å². The van der Waals surface area contributed by atoms with Crippen LogP contribution >= 0.6 is 0 Å². The number of hydrogen-bond acceptors (Lipinski definition) is 3. The molecule has 0 radical (unpaired) electrons. The first-order valence-corrected chi connectivity index (χ1v) is 8.71. The monoisotopic (exact) mass is 287 g/mol. The molecule has 0 aromatic heterocycles. The number of nitrogens with one attached hydrogen (secondary N) is 1. The molecule has 0 fully saturated rings. The average molecular weight is 287 g/mol. The van der Waals surface area contributed by atoms with E-state index in [-0.39, 0.29) is 6.10 Å². The number of hydrogen-bond donors (Lipinski definition) is 2. The van der Waals surface area contributed by atoms with Crippen molar-refractivity contribution in [2.45, 2.75) is 78.2 Å². The molecule has 0 amide bonds. The zero-order valence-electron chi connectivity index (χ0n) is 14.0. The zero-order valence-corrected chi connectivity index (χ0v) is 14.0. The van der Waals surface area contributed by atoms with Crippen LogP contribution in [0.1, 0.15) is 72.1 Å². The van der Waals surface area contributed by atoms with Gasteiger partial charge in [0, 0.05) is 13.2 Å². The Kier molecular flexibility index (Phi) is 15.2. The van der Waals surface area contributed by atoms with E-state index in [2.05, 4.69) is 26.1 Å². The molecule has 0 aliphatic rings. The van der Waals surface area contributed by atoms with Crippen LogP contribution in [0.25, 0.3) is 0 Å². The Morgan fingerprint density at radius 3 is 2.35 bits per heavy atom. The largest absolute Gasteiger partial charge is 0.389 e. The molecule has 0 saturated carbocycles. The van der Waals surface area contributed by atoms with Gasteiger partial charge in [0.25, 0.3) is 0 Å². The molecule has 0 aromatic rings. The molecule has 20 heavy (non-hydrogen) atoms. The Hall–Kier alpha value is -0.120. The van der Waals surface area contributed by atoms with Gasteiger partial charge in [-0.2, -0.15) is 0 Å². The Morgan fingerprint density at radius 1 is 0.950 bits per heavy atom. The van der Waals surface area contributed by atoms with E-state index in [0.717, 1.165) is 13.2 Å². The quantitative estimate of drug-likeness (QED) is 0.451. The minimum Gasteiger partial charge on any atom is -0.389 e. The van der Waals surface area contributed by atoms with Crippen LogP contribution in [-0.4, -0.2) is 37.5 Å².